The fraction of sp³-hybridized carbons (Fsp3) is 0.700. The van der Waals surface area contributed by atoms with E-state index >= 15 is 0 Å². The molecule has 0 bridgehead atoms. The van der Waals surface area contributed by atoms with Crippen molar-refractivity contribution in [3.05, 3.63) is 33.8 Å². The molecule has 1 atom stereocenters. The van der Waals surface area contributed by atoms with Crippen LogP contribution in [0.5, 0.6) is 0 Å². The molecule has 5 heteroatoms. The second kappa shape index (κ2) is 7.74. The Morgan fingerprint density at radius 2 is 1.80 bits per heavy atom. The Morgan fingerprint density at radius 1 is 1.12 bits per heavy atom. The van der Waals surface area contributed by atoms with Gasteiger partial charge in [0.15, 0.2) is 5.79 Å². The lowest BCUT2D eigenvalue weighted by atomic mass is 9.54. The van der Waals surface area contributed by atoms with Crippen LogP contribution in [0.25, 0.3) is 0 Å². The quantitative estimate of drug-likeness (QED) is 0.648. The minimum atomic E-state index is -0.515. The van der Waals surface area contributed by atoms with E-state index < -0.39 is 5.79 Å². The lowest BCUT2D eigenvalue weighted by Gasteiger charge is -2.53. The van der Waals surface area contributed by atoms with Crippen molar-refractivity contribution in [1.82, 2.24) is 4.90 Å². The lowest BCUT2D eigenvalue weighted by Crippen LogP contribution is -2.53. The molecular formula is C20H29Cl2NO2. The summed E-state index contributed by atoms with van der Waals surface area (Å²) in [4.78, 5) is 2.24. The number of rotatable bonds is 7. The number of ether oxygens (including phenoxy) is 2. The molecule has 2 fully saturated rings. The first kappa shape index (κ1) is 19.4. The standard InChI is InChI=1S/C20H29Cl2NO2/c1-19(24-12-13-25-19)18(6-4-11-23(2)3)20(9-5-10-20)15-7-8-16(21)17(22)14-15/h7-8,14,18H,4-6,9-13H2,1-3H3. The molecule has 0 radical (unpaired) electrons. The highest BCUT2D eigenvalue weighted by molar-refractivity contribution is 6.42. The maximum Gasteiger partial charge on any atom is 0.169 e. The molecule has 0 aromatic heterocycles. The molecule has 1 aromatic carbocycles. The summed E-state index contributed by atoms with van der Waals surface area (Å²) in [6.45, 7) is 4.55. The molecule has 3 nitrogen and oxygen atoms in total. The summed E-state index contributed by atoms with van der Waals surface area (Å²) in [5.41, 5.74) is 1.35. The van der Waals surface area contributed by atoms with Gasteiger partial charge in [-0.25, -0.2) is 0 Å². The zero-order chi connectivity index (χ0) is 18.1. The van der Waals surface area contributed by atoms with Gasteiger partial charge in [-0.2, -0.15) is 0 Å². The minimum Gasteiger partial charge on any atom is -0.348 e. The maximum absolute atomic E-state index is 6.34. The van der Waals surface area contributed by atoms with Gasteiger partial charge in [-0.05, 0) is 70.9 Å². The highest BCUT2D eigenvalue weighted by Gasteiger charge is 2.55. The second-order valence-electron chi connectivity index (χ2n) is 7.85. The van der Waals surface area contributed by atoms with E-state index in [2.05, 4.69) is 38.1 Å². The minimum absolute atomic E-state index is 0.0691. The second-order valence-corrected chi connectivity index (χ2v) is 8.66. The Bertz CT molecular complexity index is 595. The smallest absolute Gasteiger partial charge is 0.169 e. The van der Waals surface area contributed by atoms with Gasteiger partial charge < -0.3 is 14.4 Å². The molecule has 1 saturated carbocycles. The third-order valence-electron chi connectivity index (χ3n) is 6.00. The highest BCUT2D eigenvalue weighted by atomic mass is 35.5. The molecule has 1 heterocycles. The van der Waals surface area contributed by atoms with Crippen molar-refractivity contribution in [2.75, 3.05) is 33.9 Å². The predicted octanol–water partition coefficient (Wildman–Crippen LogP) is 5.14. The monoisotopic (exact) mass is 385 g/mol. The van der Waals surface area contributed by atoms with Gasteiger partial charge in [-0.15, -0.1) is 0 Å². The van der Waals surface area contributed by atoms with Crippen molar-refractivity contribution in [3.63, 3.8) is 0 Å². The largest absolute Gasteiger partial charge is 0.348 e. The van der Waals surface area contributed by atoms with Crippen molar-refractivity contribution in [2.24, 2.45) is 5.92 Å². The summed E-state index contributed by atoms with van der Waals surface area (Å²) < 4.78 is 12.2. The molecule has 0 N–H and O–H groups in total. The van der Waals surface area contributed by atoms with Crippen LogP contribution in [0.3, 0.4) is 0 Å². The fourth-order valence-electron chi connectivity index (χ4n) is 4.59. The van der Waals surface area contributed by atoms with Crippen molar-refractivity contribution >= 4 is 23.2 Å². The molecule has 25 heavy (non-hydrogen) atoms. The molecule has 0 amide bonds. The van der Waals surface area contributed by atoms with Gasteiger partial charge in [0.25, 0.3) is 0 Å². The van der Waals surface area contributed by atoms with Crippen LogP contribution >= 0.6 is 23.2 Å². The van der Waals surface area contributed by atoms with Crippen LogP contribution in [0, 0.1) is 5.92 Å². The van der Waals surface area contributed by atoms with Crippen molar-refractivity contribution < 1.29 is 9.47 Å². The zero-order valence-corrected chi connectivity index (χ0v) is 17.0. The topological polar surface area (TPSA) is 21.7 Å². The van der Waals surface area contributed by atoms with E-state index in [0.717, 1.165) is 32.2 Å². The Kier molecular flexibility index (Phi) is 6.02. The van der Waals surface area contributed by atoms with E-state index in [1.54, 1.807) is 0 Å². The van der Waals surface area contributed by atoms with Gasteiger partial charge in [0, 0.05) is 11.3 Å². The van der Waals surface area contributed by atoms with E-state index in [1.807, 2.05) is 6.07 Å². The van der Waals surface area contributed by atoms with E-state index in [4.69, 9.17) is 32.7 Å². The van der Waals surface area contributed by atoms with Gasteiger partial charge in [0.05, 0.1) is 23.3 Å². The predicted molar refractivity (Wildman–Crippen MR) is 104 cm³/mol. The van der Waals surface area contributed by atoms with Crippen LogP contribution in [0.4, 0.5) is 0 Å². The van der Waals surface area contributed by atoms with Crippen LogP contribution in [-0.4, -0.2) is 44.5 Å². The van der Waals surface area contributed by atoms with E-state index in [-0.39, 0.29) is 5.41 Å². The summed E-state index contributed by atoms with van der Waals surface area (Å²) >= 11 is 12.5. The normalized spacial score (nSPS) is 22.8. The Hall–Kier alpha value is -0.320. The average molecular weight is 386 g/mol. The summed E-state index contributed by atoms with van der Waals surface area (Å²) in [5, 5.41) is 1.25. The number of halogens is 2. The third-order valence-corrected chi connectivity index (χ3v) is 6.74. The van der Waals surface area contributed by atoms with E-state index in [1.165, 1.54) is 12.0 Å². The molecule has 1 aliphatic heterocycles. The van der Waals surface area contributed by atoms with Gasteiger partial charge in [-0.3, -0.25) is 0 Å². The summed E-state index contributed by atoms with van der Waals surface area (Å²) in [6.07, 6.45) is 5.75. The molecule has 1 aromatic rings. The molecule has 0 spiro atoms. The Morgan fingerprint density at radius 3 is 2.32 bits per heavy atom. The van der Waals surface area contributed by atoms with Crippen LogP contribution in [0.1, 0.15) is 44.6 Å². The van der Waals surface area contributed by atoms with Crippen LogP contribution in [0.15, 0.2) is 18.2 Å². The van der Waals surface area contributed by atoms with Gasteiger partial charge in [0.2, 0.25) is 0 Å². The van der Waals surface area contributed by atoms with Crippen molar-refractivity contribution in [3.8, 4) is 0 Å². The van der Waals surface area contributed by atoms with Crippen molar-refractivity contribution in [2.45, 2.75) is 50.2 Å². The number of hydrogen-bond acceptors (Lipinski definition) is 3. The Balaban J connectivity index is 1.92. The summed E-state index contributed by atoms with van der Waals surface area (Å²) in [7, 11) is 4.24. The summed E-state index contributed by atoms with van der Waals surface area (Å²) in [5.74, 6) is -0.202. The van der Waals surface area contributed by atoms with Crippen LogP contribution < -0.4 is 0 Å². The average Bonchev–Trinajstić information content (AvgIpc) is 2.95. The summed E-state index contributed by atoms with van der Waals surface area (Å²) in [6, 6.07) is 6.12. The molecular weight excluding hydrogens is 357 g/mol. The van der Waals surface area contributed by atoms with Crippen molar-refractivity contribution in [1.29, 1.82) is 0 Å². The molecule has 140 valence electrons. The van der Waals surface area contributed by atoms with Gasteiger partial charge >= 0.3 is 0 Å². The number of benzene rings is 1. The molecule has 1 saturated heterocycles. The zero-order valence-electron chi connectivity index (χ0n) is 15.5. The first-order valence-corrected chi connectivity index (χ1v) is 10.0. The highest BCUT2D eigenvalue weighted by Crippen LogP contribution is 2.56. The molecule has 1 unspecified atom stereocenters. The third kappa shape index (κ3) is 3.86. The Labute approximate surface area is 161 Å². The molecule has 3 rings (SSSR count). The van der Waals surface area contributed by atoms with Crippen LogP contribution in [-0.2, 0) is 14.9 Å². The van der Waals surface area contributed by atoms with E-state index in [9.17, 15) is 0 Å². The van der Waals surface area contributed by atoms with Crippen LogP contribution in [0.2, 0.25) is 10.0 Å². The SMILES string of the molecule is CN(C)CCCC(C1(C)OCCO1)C1(c2ccc(Cl)c(Cl)c2)CCC1. The van der Waals surface area contributed by atoms with E-state index in [0.29, 0.717) is 29.2 Å². The molecule has 2 aliphatic rings. The van der Waals surface area contributed by atoms with Gasteiger partial charge in [0.1, 0.15) is 0 Å². The van der Waals surface area contributed by atoms with Gasteiger partial charge in [-0.1, -0.05) is 35.7 Å². The fourth-order valence-corrected chi connectivity index (χ4v) is 4.88. The first-order valence-electron chi connectivity index (χ1n) is 9.25. The molecule has 1 aliphatic carbocycles. The first-order chi connectivity index (χ1) is 11.9. The maximum atomic E-state index is 6.34. The lowest BCUT2D eigenvalue weighted by molar-refractivity contribution is -0.209. The number of hydrogen-bond donors (Lipinski definition) is 0. The number of nitrogens with zero attached hydrogens (tertiary/aromatic N) is 1.